The molecule has 1 fully saturated rings. The highest BCUT2D eigenvalue weighted by Gasteiger charge is 2.25. The number of likely N-dealkylation sites (tertiary alicyclic amines) is 1. The lowest BCUT2D eigenvalue weighted by Gasteiger charge is -2.30. The molecule has 4 nitrogen and oxygen atoms in total. The quantitative estimate of drug-likeness (QED) is 0.559. The van der Waals surface area contributed by atoms with Gasteiger partial charge in [-0.2, -0.15) is 4.98 Å². The molecule has 0 radical (unpaired) electrons. The lowest BCUT2D eigenvalue weighted by Crippen LogP contribution is -2.32. The van der Waals surface area contributed by atoms with Crippen LogP contribution in [0.15, 0.2) is 47.0 Å². The molecule has 2 aromatic carbocycles. The zero-order valence-corrected chi connectivity index (χ0v) is 16.7. The van der Waals surface area contributed by atoms with Crippen molar-refractivity contribution >= 4 is 23.2 Å². The van der Waals surface area contributed by atoms with Crippen molar-refractivity contribution < 1.29 is 4.52 Å². The molecule has 0 atom stereocenters. The molecule has 1 aliphatic rings. The fraction of sp³-hybridized carbons (Fsp3) is 0.333. The zero-order chi connectivity index (χ0) is 18.8. The molecule has 1 aliphatic heterocycles. The zero-order valence-electron chi connectivity index (χ0n) is 15.2. The van der Waals surface area contributed by atoms with Gasteiger partial charge in [-0.15, -0.1) is 0 Å². The molecular weight excluding hydrogens is 381 g/mol. The number of piperidine rings is 1. The number of halogens is 2. The first kappa shape index (κ1) is 18.5. The third kappa shape index (κ3) is 4.34. The highest BCUT2D eigenvalue weighted by molar-refractivity contribution is 6.42. The summed E-state index contributed by atoms with van der Waals surface area (Å²) in [6.07, 6.45) is 2.02. The van der Waals surface area contributed by atoms with Gasteiger partial charge in [0, 0.05) is 18.0 Å². The summed E-state index contributed by atoms with van der Waals surface area (Å²) < 4.78 is 5.56. The number of hydrogen-bond donors (Lipinski definition) is 0. The van der Waals surface area contributed by atoms with Crippen LogP contribution in [0.2, 0.25) is 10.0 Å². The van der Waals surface area contributed by atoms with Crippen molar-refractivity contribution in [1.29, 1.82) is 0 Å². The molecule has 4 rings (SSSR count). The van der Waals surface area contributed by atoms with Crippen LogP contribution in [0.3, 0.4) is 0 Å². The number of rotatable bonds is 4. The number of aromatic nitrogens is 2. The molecule has 3 aromatic rings. The van der Waals surface area contributed by atoms with Crippen LogP contribution in [0.1, 0.15) is 35.8 Å². The van der Waals surface area contributed by atoms with Crippen LogP contribution in [0.4, 0.5) is 0 Å². The van der Waals surface area contributed by atoms with Gasteiger partial charge in [-0.3, -0.25) is 4.90 Å². The van der Waals surface area contributed by atoms with Gasteiger partial charge < -0.3 is 4.52 Å². The second kappa shape index (κ2) is 8.01. The van der Waals surface area contributed by atoms with Crippen LogP contribution in [0, 0.1) is 6.92 Å². The Hall–Kier alpha value is -1.88. The highest BCUT2D eigenvalue weighted by atomic mass is 35.5. The van der Waals surface area contributed by atoms with Crippen molar-refractivity contribution in [3.05, 3.63) is 69.5 Å². The Morgan fingerprint density at radius 3 is 2.48 bits per heavy atom. The maximum atomic E-state index is 6.12. The summed E-state index contributed by atoms with van der Waals surface area (Å²) in [6.45, 7) is 4.93. The van der Waals surface area contributed by atoms with Crippen LogP contribution in [-0.2, 0) is 6.54 Å². The molecule has 6 heteroatoms. The normalized spacial score (nSPS) is 16.0. The van der Waals surface area contributed by atoms with E-state index in [1.165, 1.54) is 11.1 Å². The van der Waals surface area contributed by atoms with Crippen molar-refractivity contribution in [3.63, 3.8) is 0 Å². The van der Waals surface area contributed by atoms with E-state index >= 15 is 0 Å². The molecule has 0 N–H and O–H groups in total. The van der Waals surface area contributed by atoms with Gasteiger partial charge >= 0.3 is 0 Å². The molecule has 0 saturated carbocycles. The predicted octanol–water partition coefficient (Wildman–Crippen LogP) is 5.73. The molecule has 140 valence electrons. The van der Waals surface area contributed by atoms with Crippen LogP contribution in [0.5, 0.6) is 0 Å². The van der Waals surface area contributed by atoms with E-state index in [2.05, 4.69) is 34.1 Å². The van der Waals surface area contributed by atoms with Crippen LogP contribution in [0.25, 0.3) is 11.4 Å². The topological polar surface area (TPSA) is 42.2 Å². The maximum absolute atomic E-state index is 6.12. The van der Waals surface area contributed by atoms with Crippen molar-refractivity contribution in [2.75, 3.05) is 13.1 Å². The molecule has 0 aliphatic carbocycles. The summed E-state index contributed by atoms with van der Waals surface area (Å²) in [7, 11) is 0. The molecule has 0 amide bonds. The fourth-order valence-electron chi connectivity index (χ4n) is 3.46. The number of hydrogen-bond acceptors (Lipinski definition) is 4. The number of nitrogens with zero attached hydrogens (tertiary/aromatic N) is 3. The summed E-state index contributed by atoms with van der Waals surface area (Å²) >= 11 is 12.1. The van der Waals surface area contributed by atoms with Gasteiger partial charge in [0.15, 0.2) is 0 Å². The summed E-state index contributed by atoms with van der Waals surface area (Å²) in [5.41, 5.74) is 3.40. The minimum absolute atomic E-state index is 0.321. The first-order chi connectivity index (χ1) is 13.1. The van der Waals surface area contributed by atoms with E-state index < -0.39 is 0 Å². The summed E-state index contributed by atoms with van der Waals surface area (Å²) in [4.78, 5) is 7.06. The van der Waals surface area contributed by atoms with Crippen LogP contribution < -0.4 is 0 Å². The van der Waals surface area contributed by atoms with Gasteiger partial charge in [-0.05, 0) is 50.6 Å². The fourth-order valence-corrected chi connectivity index (χ4v) is 3.78. The lowest BCUT2D eigenvalue weighted by molar-refractivity contribution is 0.187. The average molecular weight is 402 g/mol. The first-order valence-electron chi connectivity index (χ1n) is 9.15. The Labute approximate surface area is 169 Å². The van der Waals surface area contributed by atoms with Crippen molar-refractivity contribution in [2.45, 2.75) is 32.2 Å². The Kier molecular flexibility index (Phi) is 5.48. The van der Waals surface area contributed by atoms with Crippen molar-refractivity contribution in [1.82, 2.24) is 15.0 Å². The Morgan fingerprint density at radius 2 is 1.78 bits per heavy atom. The standard InChI is InChI=1S/C21H21Cl2N3O/c1-14-2-5-16(6-3-14)20-24-21(27-25-20)17-8-10-26(11-9-17)13-15-4-7-18(22)19(23)12-15/h2-7,12,17H,8-11,13H2,1H3. The van der Waals surface area contributed by atoms with Gasteiger partial charge in [0.25, 0.3) is 0 Å². The average Bonchev–Trinajstić information content (AvgIpc) is 3.16. The monoisotopic (exact) mass is 401 g/mol. The smallest absolute Gasteiger partial charge is 0.230 e. The molecule has 1 aromatic heterocycles. The van der Waals surface area contributed by atoms with Crippen molar-refractivity contribution in [2.24, 2.45) is 0 Å². The van der Waals surface area contributed by atoms with E-state index in [4.69, 9.17) is 27.7 Å². The van der Waals surface area contributed by atoms with E-state index in [-0.39, 0.29) is 0 Å². The molecule has 1 saturated heterocycles. The predicted molar refractivity (Wildman–Crippen MR) is 108 cm³/mol. The summed E-state index contributed by atoms with van der Waals surface area (Å²) in [5, 5.41) is 5.38. The van der Waals surface area contributed by atoms with Crippen LogP contribution in [-0.4, -0.2) is 28.1 Å². The van der Waals surface area contributed by atoms with E-state index in [1.807, 2.05) is 30.3 Å². The first-order valence-corrected chi connectivity index (χ1v) is 9.91. The second-order valence-electron chi connectivity index (χ2n) is 7.12. The highest BCUT2D eigenvalue weighted by Crippen LogP contribution is 2.30. The summed E-state index contributed by atoms with van der Waals surface area (Å²) in [6, 6.07) is 14.0. The van der Waals surface area contributed by atoms with E-state index in [1.54, 1.807) is 0 Å². The minimum atomic E-state index is 0.321. The summed E-state index contributed by atoms with van der Waals surface area (Å²) in [5.74, 6) is 1.74. The van der Waals surface area contributed by atoms with Gasteiger partial charge in [0.1, 0.15) is 0 Å². The van der Waals surface area contributed by atoms with E-state index in [0.717, 1.165) is 43.9 Å². The van der Waals surface area contributed by atoms with Gasteiger partial charge in [0.05, 0.1) is 10.0 Å². The SMILES string of the molecule is Cc1ccc(-c2noc(C3CCN(Cc4ccc(Cl)c(Cl)c4)CC3)n2)cc1. The minimum Gasteiger partial charge on any atom is -0.339 e. The van der Waals surface area contributed by atoms with Gasteiger partial charge in [-0.25, -0.2) is 0 Å². The van der Waals surface area contributed by atoms with Crippen LogP contribution >= 0.6 is 23.2 Å². The number of aryl methyl sites for hydroxylation is 1. The Bertz CT molecular complexity index is 915. The third-order valence-electron chi connectivity index (χ3n) is 5.08. The second-order valence-corrected chi connectivity index (χ2v) is 7.94. The molecule has 0 bridgehead atoms. The molecular formula is C21H21Cl2N3O. The van der Waals surface area contributed by atoms with E-state index in [0.29, 0.717) is 21.8 Å². The molecule has 27 heavy (non-hydrogen) atoms. The Balaban J connectivity index is 1.36. The van der Waals surface area contributed by atoms with E-state index in [9.17, 15) is 0 Å². The Morgan fingerprint density at radius 1 is 1.04 bits per heavy atom. The maximum Gasteiger partial charge on any atom is 0.230 e. The van der Waals surface area contributed by atoms with Gasteiger partial charge in [0.2, 0.25) is 11.7 Å². The molecule has 0 unspecified atom stereocenters. The molecule has 2 heterocycles. The lowest BCUT2D eigenvalue weighted by atomic mass is 9.96. The number of benzene rings is 2. The largest absolute Gasteiger partial charge is 0.339 e. The van der Waals surface area contributed by atoms with Gasteiger partial charge in [-0.1, -0.05) is 64.3 Å². The third-order valence-corrected chi connectivity index (χ3v) is 5.82. The molecule has 0 spiro atoms. The van der Waals surface area contributed by atoms with Crippen molar-refractivity contribution in [3.8, 4) is 11.4 Å².